The lowest BCUT2D eigenvalue weighted by molar-refractivity contribution is -0.384. The van der Waals surface area contributed by atoms with Crippen molar-refractivity contribution >= 4 is 41.3 Å². The van der Waals surface area contributed by atoms with E-state index in [1.165, 1.54) is 36.4 Å². The third-order valence-electron chi connectivity index (χ3n) is 5.27. The molecule has 0 saturated carbocycles. The minimum atomic E-state index is -4.74. The molecule has 0 bridgehead atoms. The number of rotatable bonds is 5. The first-order valence-electron chi connectivity index (χ1n) is 10.6. The van der Waals surface area contributed by atoms with Crippen LogP contribution < -0.4 is 15.0 Å². The highest BCUT2D eigenvalue weighted by Crippen LogP contribution is 2.33. The van der Waals surface area contributed by atoms with Gasteiger partial charge < -0.3 is 4.74 Å². The minimum Gasteiger partial charge on any atom is -0.422 e. The Morgan fingerprint density at radius 1 is 0.974 bits per heavy atom. The van der Waals surface area contributed by atoms with Crippen LogP contribution in [0.5, 0.6) is 5.75 Å². The van der Waals surface area contributed by atoms with Crippen LogP contribution in [0.3, 0.4) is 0 Å². The fourth-order valence-electron chi connectivity index (χ4n) is 3.44. The highest BCUT2D eigenvalue weighted by molar-refractivity contribution is 6.39. The second-order valence-corrected chi connectivity index (χ2v) is 7.74. The molecule has 38 heavy (non-hydrogen) atoms. The second kappa shape index (κ2) is 9.97. The Labute approximate surface area is 211 Å². The monoisotopic (exact) mass is 525 g/mol. The van der Waals surface area contributed by atoms with Gasteiger partial charge in [-0.05, 0) is 42.5 Å². The summed E-state index contributed by atoms with van der Waals surface area (Å²) in [7, 11) is 0. The molecule has 192 valence electrons. The Morgan fingerprint density at radius 2 is 1.66 bits per heavy atom. The number of anilines is 1. The molecule has 1 heterocycles. The van der Waals surface area contributed by atoms with Gasteiger partial charge in [0.15, 0.2) is 0 Å². The molecule has 1 saturated heterocycles. The first-order valence-corrected chi connectivity index (χ1v) is 10.6. The maximum Gasteiger partial charge on any atom is 0.416 e. The zero-order chi connectivity index (χ0) is 27.6. The van der Waals surface area contributed by atoms with Crippen molar-refractivity contribution in [2.45, 2.75) is 6.18 Å². The van der Waals surface area contributed by atoms with Crippen LogP contribution in [0.1, 0.15) is 21.5 Å². The van der Waals surface area contributed by atoms with Gasteiger partial charge >= 0.3 is 18.2 Å². The van der Waals surface area contributed by atoms with Crippen LogP contribution in [0.4, 0.5) is 29.3 Å². The highest BCUT2D eigenvalue weighted by Gasteiger charge is 2.38. The molecule has 4 rings (SSSR count). The van der Waals surface area contributed by atoms with Crippen molar-refractivity contribution in [2.75, 3.05) is 4.90 Å². The van der Waals surface area contributed by atoms with Crippen molar-refractivity contribution in [1.82, 2.24) is 5.32 Å². The summed E-state index contributed by atoms with van der Waals surface area (Å²) in [4.78, 5) is 61.0. The number of carbonyl (C=O) groups excluding carboxylic acids is 4. The first kappa shape index (κ1) is 25.8. The minimum absolute atomic E-state index is 0.0224. The number of nitro benzene ring substituents is 1. The van der Waals surface area contributed by atoms with Gasteiger partial charge in [-0.3, -0.25) is 25.0 Å². The van der Waals surface area contributed by atoms with Crippen LogP contribution >= 0.6 is 0 Å². The van der Waals surface area contributed by atoms with E-state index in [0.29, 0.717) is 11.0 Å². The maximum absolute atomic E-state index is 13.1. The molecular weight excluding hydrogens is 511 g/mol. The third-order valence-corrected chi connectivity index (χ3v) is 5.27. The van der Waals surface area contributed by atoms with Gasteiger partial charge in [0.1, 0.15) is 11.3 Å². The smallest absolute Gasteiger partial charge is 0.416 e. The zero-order valence-electron chi connectivity index (χ0n) is 18.9. The van der Waals surface area contributed by atoms with E-state index in [-0.39, 0.29) is 22.6 Å². The summed E-state index contributed by atoms with van der Waals surface area (Å²) >= 11 is 0. The fourth-order valence-corrected chi connectivity index (χ4v) is 3.44. The Hall–Kier alpha value is -5.33. The molecule has 0 aliphatic carbocycles. The Bertz CT molecular complexity index is 1520. The van der Waals surface area contributed by atoms with Crippen molar-refractivity contribution in [2.24, 2.45) is 0 Å². The summed E-state index contributed by atoms with van der Waals surface area (Å²) in [6, 6.07) is 12.5. The highest BCUT2D eigenvalue weighted by atomic mass is 19.4. The molecule has 0 atom stereocenters. The Balaban J connectivity index is 1.65. The number of esters is 1. The average molecular weight is 525 g/mol. The fraction of sp³-hybridized carbons (Fsp3) is 0.0400. The maximum atomic E-state index is 13.1. The zero-order valence-corrected chi connectivity index (χ0v) is 18.9. The van der Waals surface area contributed by atoms with Gasteiger partial charge in [0.05, 0.1) is 21.7 Å². The quantitative estimate of drug-likeness (QED) is 0.129. The number of alkyl halides is 3. The van der Waals surface area contributed by atoms with Crippen molar-refractivity contribution in [3.8, 4) is 5.75 Å². The van der Waals surface area contributed by atoms with Crippen molar-refractivity contribution in [1.29, 1.82) is 0 Å². The van der Waals surface area contributed by atoms with E-state index in [2.05, 4.69) is 0 Å². The van der Waals surface area contributed by atoms with E-state index in [1.54, 1.807) is 0 Å². The van der Waals surface area contributed by atoms with Crippen LogP contribution in [0, 0.1) is 10.1 Å². The number of imide groups is 2. The number of urea groups is 1. The predicted molar refractivity (Wildman–Crippen MR) is 125 cm³/mol. The summed E-state index contributed by atoms with van der Waals surface area (Å²) in [5, 5.41) is 12.7. The predicted octanol–water partition coefficient (Wildman–Crippen LogP) is 4.50. The number of hydrogen-bond acceptors (Lipinski definition) is 7. The lowest BCUT2D eigenvalue weighted by Gasteiger charge is -2.27. The van der Waals surface area contributed by atoms with Gasteiger partial charge in [0.25, 0.3) is 17.5 Å². The third kappa shape index (κ3) is 5.26. The number of nitro groups is 1. The van der Waals surface area contributed by atoms with Gasteiger partial charge in [0.2, 0.25) is 0 Å². The first-order chi connectivity index (χ1) is 18.0. The van der Waals surface area contributed by atoms with Gasteiger partial charge in [0, 0.05) is 17.7 Å². The number of nitrogens with zero attached hydrogens (tertiary/aromatic N) is 2. The number of nitrogens with one attached hydrogen (secondary N) is 1. The summed E-state index contributed by atoms with van der Waals surface area (Å²) in [6.07, 6.45) is -3.73. The number of benzene rings is 3. The lowest BCUT2D eigenvalue weighted by Crippen LogP contribution is -2.54. The van der Waals surface area contributed by atoms with Crippen LogP contribution in [-0.2, 0) is 15.8 Å². The Kier molecular flexibility index (Phi) is 6.76. The van der Waals surface area contributed by atoms with Gasteiger partial charge in [-0.25, -0.2) is 14.5 Å². The van der Waals surface area contributed by atoms with E-state index in [0.717, 1.165) is 36.4 Å². The molecule has 13 heteroatoms. The summed E-state index contributed by atoms with van der Waals surface area (Å²) < 4.78 is 44.8. The molecule has 0 spiro atoms. The van der Waals surface area contributed by atoms with Crippen LogP contribution in [0.25, 0.3) is 6.08 Å². The molecule has 1 fully saturated rings. The van der Waals surface area contributed by atoms with E-state index in [1.807, 2.05) is 5.32 Å². The van der Waals surface area contributed by atoms with Gasteiger partial charge in [-0.15, -0.1) is 0 Å². The molecule has 4 amide bonds. The van der Waals surface area contributed by atoms with Gasteiger partial charge in [-0.1, -0.05) is 24.3 Å². The van der Waals surface area contributed by atoms with E-state index < -0.39 is 51.7 Å². The van der Waals surface area contributed by atoms with Crippen molar-refractivity contribution in [3.05, 3.63) is 105 Å². The molecular formula is C25H14F3N3O7. The molecule has 3 aromatic rings. The number of carbonyl (C=O) groups is 4. The normalized spacial score (nSPS) is 14.9. The van der Waals surface area contributed by atoms with Crippen LogP contribution in [-0.4, -0.2) is 28.7 Å². The van der Waals surface area contributed by atoms with Crippen LogP contribution in [0.15, 0.2) is 78.4 Å². The second-order valence-electron chi connectivity index (χ2n) is 7.74. The number of hydrogen-bond donors (Lipinski definition) is 1. The summed E-state index contributed by atoms with van der Waals surface area (Å²) in [6.45, 7) is 0. The standard InChI is InChI=1S/C25H14F3N3O7/c26-25(27,28)16-5-3-6-18(13-16)30-22(33)19(21(32)29-24(30)35)12-15-4-1-2-7-20(15)38-23(34)14-8-10-17(11-9-14)31(36)37/h1-13H,(H,29,32,35)/b19-12-. The summed E-state index contributed by atoms with van der Waals surface area (Å²) in [5.41, 5.74) is -2.35. The topological polar surface area (TPSA) is 136 Å². The van der Waals surface area contributed by atoms with E-state index in [9.17, 15) is 42.5 Å². The SMILES string of the molecule is O=C1NC(=O)N(c2cccc(C(F)(F)F)c2)C(=O)/C1=C\c1ccccc1OC(=O)c1ccc([N+](=O)[O-])cc1. The number of para-hydroxylation sites is 1. The number of non-ortho nitro benzene ring substituents is 1. The lowest BCUT2D eigenvalue weighted by atomic mass is 10.1. The Morgan fingerprint density at radius 3 is 2.32 bits per heavy atom. The molecule has 1 N–H and O–H groups in total. The van der Waals surface area contributed by atoms with Gasteiger partial charge in [-0.2, -0.15) is 13.2 Å². The largest absolute Gasteiger partial charge is 0.422 e. The molecule has 0 aromatic heterocycles. The number of barbiturate groups is 1. The van der Waals surface area contributed by atoms with Crippen molar-refractivity contribution < 1.29 is 42.0 Å². The van der Waals surface area contributed by atoms with E-state index >= 15 is 0 Å². The molecule has 0 radical (unpaired) electrons. The van der Waals surface area contributed by atoms with E-state index in [4.69, 9.17) is 4.74 Å². The number of amides is 4. The van der Waals surface area contributed by atoms with Crippen LogP contribution in [0.2, 0.25) is 0 Å². The average Bonchev–Trinajstić information content (AvgIpc) is 2.87. The number of ether oxygens (including phenoxy) is 1. The molecule has 10 nitrogen and oxygen atoms in total. The molecule has 3 aromatic carbocycles. The molecule has 0 unspecified atom stereocenters. The molecule has 1 aliphatic rings. The number of halogens is 3. The molecule has 1 aliphatic heterocycles. The summed E-state index contributed by atoms with van der Waals surface area (Å²) in [5.74, 6) is -3.31. The van der Waals surface area contributed by atoms with Crippen molar-refractivity contribution in [3.63, 3.8) is 0 Å².